The fourth-order valence-corrected chi connectivity index (χ4v) is 3.29. The Hall–Kier alpha value is -4.99. The summed E-state index contributed by atoms with van der Waals surface area (Å²) in [7, 11) is 0. The molecule has 176 valence electrons. The van der Waals surface area contributed by atoms with Crippen molar-refractivity contribution in [2.24, 2.45) is 0 Å². The van der Waals surface area contributed by atoms with Gasteiger partial charge in [-0.3, -0.25) is 4.79 Å². The minimum atomic E-state index is -0.800. The van der Waals surface area contributed by atoms with Crippen LogP contribution >= 0.6 is 0 Å². The maximum Gasteiger partial charge on any atom is 0.347 e. The Morgan fingerprint density at radius 1 is 0.800 bits per heavy atom. The summed E-state index contributed by atoms with van der Waals surface area (Å²) in [5.41, 5.74) is 12.8. The maximum absolute atomic E-state index is 12.8. The predicted octanol–water partition coefficient (Wildman–Crippen LogP) is 3.30. The molecule has 0 amide bonds. The molecule has 0 spiro atoms. The highest BCUT2D eigenvalue weighted by Crippen LogP contribution is 2.25. The van der Waals surface area contributed by atoms with Gasteiger partial charge in [0.2, 0.25) is 5.95 Å². The number of hydrogen-bond acceptors (Lipinski definition) is 10. The smallest absolute Gasteiger partial charge is 0.347 e. The SMILES string of the molecule is CC(=O)Oc1ccccc1C(=O)Oc1ccccc1C(=O)OCc1ccc2nc(N)nc(N)c2c1. The number of rotatable bonds is 6. The first-order valence-electron chi connectivity index (χ1n) is 10.4. The standard InChI is InChI=1S/C25H20N4O6/c1-14(30)34-20-8-4-3-7-17(20)24(32)35-21-9-5-2-6-16(21)23(31)33-13-15-10-11-19-18(12-15)22(26)29-25(27)28-19/h2-12H,13H2,1H3,(H4,26,27,28,29). The van der Waals surface area contributed by atoms with Crippen LogP contribution in [0.5, 0.6) is 11.5 Å². The zero-order valence-electron chi connectivity index (χ0n) is 18.6. The second-order valence-corrected chi connectivity index (χ2v) is 7.37. The quantitative estimate of drug-likeness (QED) is 0.315. The van der Waals surface area contributed by atoms with Crippen molar-refractivity contribution >= 4 is 40.6 Å². The minimum Gasteiger partial charge on any atom is -0.457 e. The number of hydrogen-bond donors (Lipinski definition) is 2. The van der Waals surface area contributed by atoms with E-state index < -0.39 is 17.9 Å². The number of benzene rings is 3. The van der Waals surface area contributed by atoms with Gasteiger partial charge < -0.3 is 25.7 Å². The molecule has 4 N–H and O–H groups in total. The lowest BCUT2D eigenvalue weighted by molar-refractivity contribution is -0.131. The number of aromatic nitrogens is 2. The van der Waals surface area contributed by atoms with Crippen LogP contribution in [0, 0.1) is 0 Å². The molecule has 35 heavy (non-hydrogen) atoms. The number of carbonyl (C=O) groups is 3. The summed E-state index contributed by atoms with van der Waals surface area (Å²) in [6.45, 7) is 1.15. The molecule has 0 atom stereocenters. The van der Waals surface area contributed by atoms with Crippen LogP contribution in [0.1, 0.15) is 33.2 Å². The van der Waals surface area contributed by atoms with Crippen molar-refractivity contribution in [3.63, 3.8) is 0 Å². The molecular weight excluding hydrogens is 452 g/mol. The number of anilines is 2. The number of nitrogens with zero attached hydrogens (tertiary/aromatic N) is 2. The molecule has 3 aromatic carbocycles. The lowest BCUT2D eigenvalue weighted by atomic mass is 10.1. The molecular formula is C25H20N4O6. The van der Waals surface area contributed by atoms with Crippen LogP contribution in [-0.4, -0.2) is 27.9 Å². The van der Waals surface area contributed by atoms with Gasteiger partial charge in [0, 0.05) is 12.3 Å². The van der Waals surface area contributed by atoms with Gasteiger partial charge in [-0.25, -0.2) is 14.6 Å². The van der Waals surface area contributed by atoms with Crippen molar-refractivity contribution in [2.45, 2.75) is 13.5 Å². The maximum atomic E-state index is 12.8. The van der Waals surface area contributed by atoms with E-state index in [1.807, 2.05) is 0 Å². The lowest BCUT2D eigenvalue weighted by Crippen LogP contribution is -2.15. The minimum absolute atomic E-state index is 0.00763. The fraction of sp³-hybridized carbons (Fsp3) is 0.0800. The number of ether oxygens (including phenoxy) is 3. The molecule has 0 fully saturated rings. The average molecular weight is 472 g/mol. The third kappa shape index (κ3) is 5.33. The molecule has 0 saturated carbocycles. The zero-order chi connectivity index (χ0) is 24.9. The normalized spacial score (nSPS) is 10.5. The second kappa shape index (κ2) is 9.87. The highest BCUT2D eigenvalue weighted by atomic mass is 16.6. The Morgan fingerprint density at radius 3 is 2.11 bits per heavy atom. The van der Waals surface area contributed by atoms with Gasteiger partial charge in [-0.1, -0.05) is 30.3 Å². The first kappa shape index (κ1) is 23.2. The lowest BCUT2D eigenvalue weighted by Gasteiger charge is -2.12. The monoisotopic (exact) mass is 472 g/mol. The molecule has 1 heterocycles. The summed E-state index contributed by atoms with van der Waals surface area (Å²) < 4.78 is 15.9. The van der Waals surface area contributed by atoms with Crippen LogP contribution in [-0.2, 0) is 16.1 Å². The van der Waals surface area contributed by atoms with Crippen molar-refractivity contribution in [2.75, 3.05) is 11.5 Å². The molecule has 0 unspecified atom stereocenters. The van der Waals surface area contributed by atoms with Crippen LogP contribution in [0.3, 0.4) is 0 Å². The Morgan fingerprint density at radius 2 is 1.43 bits per heavy atom. The van der Waals surface area contributed by atoms with Crippen LogP contribution in [0.15, 0.2) is 66.7 Å². The molecule has 10 heteroatoms. The Balaban J connectivity index is 1.50. The third-order valence-electron chi connectivity index (χ3n) is 4.85. The van der Waals surface area contributed by atoms with Crippen molar-refractivity contribution in [1.29, 1.82) is 0 Å². The van der Waals surface area contributed by atoms with Gasteiger partial charge in [-0.05, 0) is 42.0 Å². The van der Waals surface area contributed by atoms with Crippen molar-refractivity contribution in [1.82, 2.24) is 9.97 Å². The first-order chi connectivity index (χ1) is 16.8. The van der Waals surface area contributed by atoms with E-state index in [2.05, 4.69) is 9.97 Å². The van der Waals surface area contributed by atoms with Crippen molar-refractivity contribution < 1.29 is 28.6 Å². The van der Waals surface area contributed by atoms with Gasteiger partial charge >= 0.3 is 17.9 Å². The Bertz CT molecular complexity index is 1450. The van der Waals surface area contributed by atoms with Crippen LogP contribution in [0.2, 0.25) is 0 Å². The largest absolute Gasteiger partial charge is 0.457 e. The second-order valence-electron chi connectivity index (χ2n) is 7.37. The van der Waals surface area contributed by atoms with Gasteiger partial charge in [-0.15, -0.1) is 0 Å². The van der Waals surface area contributed by atoms with Gasteiger partial charge in [0.15, 0.2) is 0 Å². The molecule has 1 aromatic heterocycles. The Kier molecular flexibility index (Phi) is 6.54. The summed E-state index contributed by atoms with van der Waals surface area (Å²) in [6.07, 6.45) is 0. The highest BCUT2D eigenvalue weighted by Gasteiger charge is 2.20. The fourth-order valence-electron chi connectivity index (χ4n) is 3.29. The van der Waals surface area contributed by atoms with Crippen molar-refractivity contribution in [3.8, 4) is 11.5 Å². The summed E-state index contributed by atoms with van der Waals surface area (Å²) in [6, 6.07) is 17.4. The van der Waals surface area contributed by atoms with Gasteiger partial charge in [0.1, 0.15) is 35.1 Å². The van der Waals surface area contributed by atoms with Crippen LogP contribution in [0.4, 0.5) is 11.8 Å². The van der Waals surface area contributed by atoms with E-state index in [0.717, 1.165) is 0 Å². The summed E-state index contributed by atoms with van der Waals surface area (Å²) in [4.78, 5) is 44.9. The molecule has 0 aliphatic heterocycles. The summed E-state index contributed by atoms with van der Waals surface area (Å²) in [5.74, 6) is -1.77. The van der Waals surface area contributed by atoms with Crippen molar-refractivity contribution in [3.05, 3.63) is 83.4 Å². The number of fused-ring (bicyclic) bond motifs is 1. The number of esters is 3. The molecule has 0 radical (unpaired) electrons. The van der Waals surface area contributed by atoms with Gasteiger partial charge in [0.25, 0.3) is 0 Å². The van der Waals surface area contributed by atoms with E-state index >= 15 is 0 Å². The average Bonchev–Trinajstić information content (AvgIpc) is 2.83. The molecule has 0 saturated heterocycles. The van der Waals surface area contributed by atoms with E-state index in [1.54, 1.807) is 42.5 Å². The number of nitrogen functional groups attached to an aromatic ring is 2. The van der Waals surface area contributed by atoms with Gasteiger partial charge in [-0.2, -0.15) is 4.98 Å². The number of carbonyl (C=O) groups excluding carboxylic acids is 3. The first-order valence-corrected chi connectivity index (χ1v) is 10.4. The number of para-hydroxylation sites is 2. The van der Waals surface area contributed by atoms with E-state index in [1.165, 1.54) is 31.2 Å². The van der Waals surface area contributed by atoms with Crippen LogP contribution < -0.4 is 20.9 Å². The molecule has 0 bridgehead atoms. The number of nitrogens with two attached hydrogens (primary N) is 2. The Labute approximate surface area is 199 Å². The topological polar surface area (TPSA) is 157 Å². The molecule has 4 rings (SSSR count). The summed E-state index contributed by atoms with van der Waals surface area (Å²) in [5, 5.41) is 0.577. The third-order valence-corrected chi connectivity index (χ3v) is 4.85. The summed E-state index contributed by atoms with van der Waals surface area (Å²) >= 11 is 0. The highest BCUT2D eigenvalue weighted by molar-refractivity contribution is 5.98. The molecule has 0 aliphatic rings. The van der Waals surface area contributed by atoms with E-state index in [-0.39, 0.29) is 41.0 Å². The van der Waals surface area contributed by atoms with Crippen LogP contribution in [0.25, 0.3) is 10.9 Å². The molecule has 0 aliphatic carbocycles. The predicted molar refractivity (Wildman–Crippen MR) is 127 cm³/mol. The molecule has 4 aromatic rings. The molecule has 10 nitrogen and oxygen atoms in total. The van der Waals surface area contributed by atoms with Gasteiger partial charge in [0.05, 0.1) is 5.52 Å². The zero-order valence-corrected chi connectivity index (χ0v) is 18.6. The van der Waals surface area contributed by atoms with E-state index in [4.69, 9.17) is 25.7 Å². The van der Waals surface area contributed by atoms with E-state index in [9.17, 15) is 14.4 Å². The van der Waals surface area contributed by atoms with E-state index in [0.29, 0.717) is 16.5 Å².